The molecular formula is C12H12Cl2N4. The van der Waals surface area contributed by atoms with E-state index in [1.54, 1.807) is 24.5 Å². The van der Waals surface area contributed by atoms with Gasteiger partial charge in [0.25, 0.3) is 0 Å². The molecule has 0 unspecified atom stereocenters. The highest BCUT2D eigenvalue weighted by atomic mass is 35.5. The van der Waals surface area contributed by atoms with Crippen molar-refractivity contribution >= 4 is 34.6 Å². The van der Waals surface area contributed by atoms with Gasteiger partial charge in [0.1, 0.15) is 0 Å². The molecule has 0 bridgehead atoms. The van der Waals surface area contributed by atoms with Gasteiger partial charge in [0.2, 0.25) is 0 Å². The van der Waals surface area contributed by atoms with Gasteiger partial charge in [-0.2, -0.15) is 0 Å². The van der Waals surface area contributed by atoms with Crippen LogP contribution in [0.2, 0.25) is 10.0 Å². The number of aryl methyl sites for hydroxylation is 1. The molecule has 0 amide bonds. The molecule has 0 saturated carbocycles. The monoisotopic (exact) mass is 282 g/mol. The fraction of sp³-hybridized carbons (Fsp3) is 0.167. The van der Waals surface area contributed by atoms with E-state index in [9.17, 15) is 0 Å². The number of nitrogens with zero attached hydrogens (tertiary/aromatic N) is 2. The minimum absolute atomic E-state index is 0.486. The van der Waals surface area contributed by atoms with Crippen LogP contribution in [0.1, 0.15) is 11.4 Å². The van der Waals surface area contributed by atoms with E-state index in [0.29, 0.717) is 28.0 Å². The van der Waals surface area contributed by atoms with Crippen LogP contribution in [0.15, 0.2) is 24.5 Å². The van der Waals surface area contributed by atoms with E-state index < -0.39 is 0 Å². The second-order valence-electron chi connectivity index (χ2n) is 3.86. The minimum Gasteiger partial charge on any atom is -0.399 e. The molecule has 18 heavy (non-hydrogen) atoms. The second kappa shape index (κ2) is 5.42. The van der Waals surface area contributed by atoms with Gasteiger partial charge >= 0.3 is 0 Å². The summed E-state index contributed by atoms with van der Waals surface area (Å²) in [6.45, 7) is 2.38. The molecule has 6 heteroatoms. The average Bonchev–Trinajstić information content (AvgIpc) is 2.30. The maximum absolute atomic E-state index is 6.06. The summed E-state index contributed by atoms with van der Waals surface area (Å²) in [5.41, 5.74) is 8.50. The third-order valence-corrected chi connectivity index (χ3v) is 2.94. The molecule has 0 spiro atoms. The maximum atomic E-state index is 6.06. The molecule has 0 radical (unpaired) electrons. The number of aromatic nitrogens is 2. The number of benzene rings is 1. The van der Waals surface area contributed by atoms with E-state index in [1.807, 2.05) is 6.92 Å². The first-order chi connectivity index (χ1) is 8.56. The number of anilines is 2. The first-order valence-corrected chi connectivity index (χ1v) is 6.08. The number of nitrogens with two attached hydrogens (primary N) is 1. The molecule has 0 aliphatic rings. The van der Waals surface area contributed by atoms with Gasteiger partial charge in [0.05, 0.1) is 39.9 Å². The van der Waals surface area contributed by atoms with Crippen molar-refractivity contribution in [1.29, 1.82) is 0 Å². The molecule has 2 aromatic rings. The topological polar surface area (TPSA) is 63.8 Å². The molecule has 0 saturated heterocycles. The summed E-state index contributed by atoms with van der Waals surface area (Å²) >= 11 is 12.1. The van der Waals surface area contributed by atoms with E-state index in [4.69, 9.17) is 28.9 Å². The van der Waals surface area contributed by atoms with Gasteiger partial charge in [0, 0.05) is 11.9 Å². The molecule has 2 rings (SSSR count). The van der Waals surface area contributed by atoms with Gasteiger partial charge in [-0.25, -0.2) is 0 Å². The van der Waals surface area contributed by atoms with Crippen molar-refractivity contribution < 1.29 is 0 Å². The summed E-state index contributed by atoms with van der Waals surface area (Å²) in [6.07, 6.45) is 3.42. The highest BCUT2D eigenvalue weighted by molar-refractivity contribution is 6.39. The highest BCUT2D eigenvalue weighted by Crippen LogP contribution is 2.32. The summed E-state index contributed by atoms with van der Waals surface area (Å²) in [5.74, 6) is 0. The predicted octanol–water partition coefficient (Wildman–Crippen LogP) is 3.29. The molecular weight excluding hydrogens is 271 g/mol. The van der Waals surface area contributed by atoms with Gasteiger partial charge in [0.15, 0.2) is 0 Å². The van der Waals surface area contributed by atoms with Crippen molar-refractivity contribution in [3.63, 3.8) is 0 Å². The average molecular weight is 283 g/mol. The maximum Gasteiger partial charge on any atom is 0.0777 e. The molecule has 94 valence electrons. The fourth-order valence-electron chi connectivity index (χ4n) is 1.45. The summed E-state index contributed by atoms with van der Waals surface area (Å²) in [6, 6.07) is 3.30. The van der Waals surface area contributed by atoms with Gasteiger partial charge in [-0.05, 0) is 19.1 Å². The lowest BCUT2D eigenvalue weighted by molar-refractivity contribution is 0.985. The van der Waals surface area contributed by atoms with Crippen molar-refractivity contribution in [2.24, 2.45) is 0 Å². The number of halogens is 2. The standard InChI is InChI=1S/C12H12Cl2N4/c1-7-4-17-9(5-16-7)6-18-12-10(13)2-8(15)3-11(12)14/h2-5,18H,6,15H2,1H3. The lowest BCUT2D eigenvalue weighted by atomic mass is 10.2. The molecule has 4 nitrogen and oxygen atoms in total. The smallest absolute Gasteiger partial charge is 0.0777 e. The normalized spacial score (nSPS) is 10.4. The van der Waals surface area contributed by atoms with Crippen molar-refractivity contribution in [3.05, 3.63) is 46.0 Å². The molecule has 1 heterocycles. The Kier molecular flexibility index (Phi) is 3.89. The first kappa shape index (κ1) is 12.9. The van der Waals surface area contributed by atoms with Crippen LogP contribution in [-0.4, -0.2) is 9.97 Å². The summed E-state index contributed by atoms with van der Waals surface area (Å²) in [7, 11) is 0. The van der Waals surface area contributed by atoms with Gasteiger partial charge in [-0.15, -0.1) is 0 Å². The van der Waals surface area contributed by atoms with Crippen molar-refractivity contribution in [2.75, 3.05) is 11.1 Å². The van der Waals surface area contributed by atoms with E-state index in [-0.39, 0.29) is 0 Å². The van der Waals surface area contributed by atoms with Gasteiger partial charge < -0.3 is 11.1 Å². The minimum atomic E-state index is 0.486. The third kappa shape index (κ3) is 3.03. The van der Waals surface area contributed by atoms with Crippen LogP contribution in [0, 0.1) is 6.92 Å². The van der Waals surface area contributed by atoms with Crippen LogP contribution in [0.25, 0.3) is 0 Å². The Labute approximate surface area is 115 Å². The number of hydrogen-bond acceptors (Lipinski definition) is 4. The lowest BCUT2D eigenvalue weighted by Gasteiger charge is -2.10. The van der Waals surface area contributed by atoms with E-state index in [1.165, 1.54) is 0 Å². The van der Waals surface area contributed by atoms with Crippen LogP contribution in [-0.2, 0) is 6.54 Å². The Hall–Kier alpha value is -1.52. The summed E-state index contributed by atoms with van der Waals surface area (Å²) < 4.78 is 0. The Morgan fingerprint density at radius 2 is 1.83 bits per heavy atom. The van der Waals surface area contributed by atoms with Crippen LogP contribution in [0.5, 0.6) is 0 Å². The zero-order chi connectivity index (χ0) is 13.1. The zero-order valence-corrected chi connectivity index (χ0v) is 11.3. The second-order valence-corrected chi connectivity index (χ2v) is 4.68. The van der Waals surface area contributed by atoms with Crippen LogP contribution >= 0.6 is 23.2 Å². The quantitative estimate of drug-likeness (QED) is 0.848. The zero-order valence-electron chi connectivity index (χ0n) is 9.74. The van der Waals surface area contributed by atoms with Crippen molar-refractivity contribution in [3.8, 4) is 0 Å². The van der Waals surface area contributed by atoms with Crippen LogP contribution in [0.4, 0.5) is 11.4 Å². The molecule has 0 atom stereocenters. The Morgan fingerprint density at radius 1 is 1.17 bits per heavy atom. The lowest BCUT2D eigenvalue weighted by Crippen LogP contribution is -2.04. The van der Waals surface area contributed by atoms with E-state index in [0.717, 1.165) is 11.4 Å². The molecule has 3 N–H and O–H groups in total. The molecule has 0 fully saturated rings. The van der Waals surface area contributed by atoms with Crippen LogP contribution < -0.4 is 11.1 Å². The van der Waals surface area contributed by atoms with Crippen molar-refractivity contribution in [2.45, 2.75) is 13.5 Å². The first-order valence-electron chi connectivity index (χ1n) is 5.32. The largest absolute Gasteiger partial charge is 0.399 e. The Balaban J connectivity index is 2.13. The number of rotatable bonds is 3. The summed E-state index contributed by atoms with van der Waals surface area (Å²) in [4.78, 5) is 8.40. The van der Waals surface area contributed by atoms with Crippen molar-refractivity contribution in [1.82, 2.24) is 9.97 Å². The SMILES string of the molecule is Cc1cnc(CNc2c(Cl)cc(N)cc2Cl)cn1. The molecule has 1 aromatic heterocycles. The Bertz CT molecular complexity index is 531. The molecule has 1 aromatic carbocycles. The fourth-order valence-corrected chi connectivity index (χ4v) is 2.09. The Morgan fingerprint density at radius 3 is 2.39 bits per heavy atom. The van der Waals surface area contributed by atoms with E-state index in [2.05, 4.69) is 15.3 Å². The number of nitrogens with one attached hydrogen (secondary N) is 1. The predicted molar refractivity (Wildman–Crippen MR) is 75.0 cm³/mol. The summed E-state index contributed by atoms with van der Waals surface area (Å²) in [5, 5.41) is 4.09. The number of hydrogen-bond donors (Lipinski definition) is 2. The molecule has 0 aliphatic carbocycles. The number of nitrogen functional groups attached to an aromatic ring is 1. The van der Waals surface area contributed by atoms with Crippen LogP contribution in [0.3, 0.4) is 0 Å². The van der Waals surface area contributed by atoms with Gasteiger partial charge in [-0.3, -0.25) is 9.97 Å². The molecule has 0 aliphatic heterocycles. The van der Waals surface area contributed by atoms with E-state index >= 15 is 0 Å². The van der Waals surface area contributed by atoms with Gasteiger partial charge in [-0.1, -0.05) is 23.2 Å². The third-order valence-electron chi connectivity index (χ3n) is 2.35. The highest BCUT2D eigenvalue weighted by Gasteiger charge is 2.07.